The predicted molar refractivity (Wildman–Crippen MR) is 65.6 cm³/mol. The fraction of sp³-hybridized carbons (Fsp3) is 0.417. The fourth-order valence-corrected chi connectivity index (χ4v) is 1.89. The summed E-state index contributed by atoms with van der Waals surface area (Å²) in [5.41, 5.74) is -1.88. The third-order valence-corrected chi connectivity index (χ3v) is 2.81. The zero-order chi connectivity index (χ0) is 17.4. The number of halogens is 6. The van der Waals surface area contributed by atoms with Gasteiger partial charge in [-0.25, -0.2) is 9.67 Å². The molecule has 0 fully saturated rings. The molecule has 5 nitrogen and oxygen atoms in total. The van der Waals surface area contributed by atoms with Crippen LogP contribution in [0.3, 0.4) is 0 Å². The summed E-state index contributed by atoms with van der Waals surface area (Å²) < 4.78 is 76.5. The quantitative estimate of drug-likeness (QED) is 0.806. The lowest BCUT2D eigenvalue weighted by Gasteiger charge is -2.12. The molecule has 2 aromatic heterocycles. The third-order valence-electron chi connectivity index (χ3n) is 2.81. The van der Waals surface area contributed by atoms with Crippen LogP contribution in [0.1, 0.15) is 17.2 Å². The number of alkyl halides is 6. The number of rotatable bonds is 3. The Morgan fingerprint density at radius 1 is 1.13 bits per heavy atom. The minimum absolute atomic E-state index is 0.0178. The SMILES string of the molecule is Cc1nc(Cn2cc(C(F)(F)F)ccc2=O)n(CC(F)(F)F)n1. The molecule has 0 aliphatic carbocycles. The maximum Gasteiger partial charge on any atom is 0.417 e. The van der Waals surface area contributed by atoms with E-state index in [0.29, 0.717) is 27.6 Å². The highest BCUT2D eigenvalue weighted by atomic mass is 19.4. The van der Waals surface area contributed by atoms with E-state index in [1.165, 1.54) is 6.92 Å². The van der Waals surface area contributed by atoms with Gasteiger partial charge in [0.2, 0.25) is 0 Å². The Kier molecular flexibility index (Phi) is 4.22. The first-order valence-electron chi connectivity index (χ1n) is 6.20. The van der Waals surface area contributed by atoms with Gasteiger partial charge in [0.15, 0.2) is 0 Å². The number of pyridine rings is 1. The summed E-state index contributed by atoms with van der Waals surface area (Å²) in [5.74, 6) is -0.245. The van der Waals surface area contributed by atoms with Crippen molar-refractivity contribution in [3.63, 3.8) is 0 Å². The topological polar surface area (TPSA) is 52.7 Å². The number of nitrogens with zero attached hydrogens (tertiary/aromatic N) is 4. The second-order valence-electron chi connectivity index (χ2n) is 4.73. The molecule has 126 valence electrons. The van der Waals surface area contributed by atoms with Gasteiger partial charge in [-0.05, 0) is 13.0 Å². The molecule has 0 amide bonds. The van der Waals surface area contributed by atoms with Crippen molar-refractivity contribution in [2.75, 3.05) is 0 Å². The van der Waals surface area contributed by atoms with Crippen molar-refractivity contribution < 1.29 is 26.3 Å². The van der Waals surface area contributed by atoms with Gasteiger partial charge in [-0.3, -0.25) is 4.79 Å². The normalized spacial score (nSPS) is 12.7. The molecule has 0 aliphatic rings. The first-order valence-corrected chi connectivity index (χ1v) is 6.20. The zero-order valence-corrected chi connectivity index (χ0v) is 11.6. The van der Waals surface area contributed by atoms with Crippen molar-refractivity contribution >= 4 is 0 Å². The van der Waals surface area contributed by atoms with Gasteiger partial charge in [-0.1, -0.05) is 0 Å². The lowest BCUT2D eigenvalue weighted by molar-refractivity contribution is -0.143. The summed E-state index contributed by atoms with van der Waals surface area (Å²) in [7, 11) is 0. The molecule has 0 aromatic carbocycles. The summed E-state index contributed by atoms with van der Waals surface area (Å²) in [6.45, 7) is -0.665. The van der Waals surface area contributed by atoms with Crippen LogP contribution in [0.15, 0.2) is 23.1 Å². The number of hydrogen-bond donors (Lipinski definition) is 0. The Bertz CT molecular complexity index is 758. The smallest absolute Gasteiger partial charge is 0.307 e. The van der Waals surface area contributed by atoms with Gasteiger partial charge in [0.1, 0.15) is 18.2 Å². The minimum atomic E-state index is -4.68. The summed E-state index contributed by atoms with van der Waals surface area (Å²) in [5, 5.41) is 3.54. The maximum atomic E-state index is 12.6. The van der Waals surface area contributed by atoms with Crippen molar-refractivity contribution in [1.82, 2.24) is 19.3 Å². The van der Waals surface area contributed by atoms with E-state index in [9.17, 15) is 31.1 Å². The molecular weight excluding hydrogens is 330 g/mol. The van der Waals surface area contributed by atoms with E-state index in [2.05, 4.69) is 10.1 Å². The van der Waals surface area contributed by atoms with Crippen LogP contribution in [0.2, 0.25) is 0 Å². The Morgan fingerprint density at radius 3 is 2.35 bits per heavy atom. The Morgan fingerprint density at radius 2 is 1.78 bits per heavy atom. The monoisotopic (exact) mass is 340 g/mol. The fourth-order valence-electron chi connectivity index (χ4n) is 1.89. The largest absolute Gasteiger partial charge is 0.417 e. The van der Waals surface area contributed by atoms with Gasteiger partial charge < -0.3 is 4.57 Å². The molecule has 0 saturated heterocycles. The van der Waals surface area contributed by atoms with Crippen LogP contribution in [-0.4, -0.2) is 25.5 Å². The number of aromatic nitrogens is 4. The highest BCUT2D eigenvalue weighted by molar-refractivity contribution is 5.14. The molecule has 11 heteroatoms. The van der Waals surface area contributed by atoms with Crippen molar-refractivity contribution in [2.24, 2.45) is 0 Å². The molecule has 23 heavy (non-hydrogen) atoms. The van der Waals surface area contributed by atoms with Crippen molar-refractivity contribution in [3.8, 4) is 0 Å². The van der Waals surface area contributed by atoms with E-state index in [1.807, 2.05) is 0 Å². The van der Waals surface area contributed by atoms with Gasteiger partial charge in [0, 0.05) is 12.3 Å². The molecule has 0 aliphatic heterocycles. The summed E-state index contributed by atoms with van der Waals surface area (Å²) in [4.78, 5) is 15.4. The van der Waals surface area contributed by atoms with Crippen LogP contribution < -0.4 is 5.56 Å². The van der Waals surface area contributed by atoms with Crippen molar-refractivity contribution in [2.45, 2.75) is 32.4 Å². The Hall–Kier alpha value is -2.33. The molecule has 0 radical (unpaired) electrons. The predicted octanol–water partition coefficient (Wildman–Crippen LogP) is 2.38. The van der Waals surface area contributed by atoms with E-state index >= 15 is 0 Å². The molecule has 0 unspecified atom stereocenters. The highest BCUT2D eigenvalue weighted by Crippen LogP contribution is 2.28. The van der Waals surface area contributed by atoms with Gasteiger partial charge in [-0.15, -0.1) is 0 Å². The van der Waals surface area contributed by atoms with Gasteiger partial charge in [0.05, 0.1) is 12.1 Å². The van der Waals surface area contributed by atoms with Crippen LogP contribution in [0.25, 0.3) is 0 Å². The second kappa shape index (κ2) is 5.70. The van der Waals surface area contributed by atoms with Crippen LogP contribution in [0, 0.1) is 6.92 Å². The third kappa shape index (κ3) is 4.33. The Labute approximate surface area is 125 Å². The molecule has 0 atom stereocenters. The molecule has 0 saturated carbocycles. The van der Waals surface area contributed by atoms with Crippen LogP contribution >= 0.6 is 0 Å². The highest BCUT2D eigenvalue weighted by Gasteiger charge is 2.32. The van der Waals surface area contributed by atoms with Crippen LogP contribution in [0.5, 0.6) is 0 Å². The van der Waals surface area contributed by atoms with Crippen LogP contribution in [-0.2, 0) is 19.3 Å². The molecule has 0 bridgehead atoms. The first-order chi connectivity index (χ1) is 10.5. The summed E-state index contributed by atoms with van der Waals surface area (Å²) in [6, 6.07) is 1.30. The molecule has 2 rings (SSSR count). The van der Waals surface area contributed by atoms with Gasteiger partial charge in [-0.2, -0.15) is 31.4 Å². The van der Waals surface area contributed by atoms with E-state index in [-0.39, 0.29) is 11.6 Å². The van der Waals surface area contributed by atoms with E-state index in [0.717, 1.165) is 0 Å². The van der Waals surface area contributed by atoms with E-state index in [4.69, 9.17) is 0 Å². The molecule has 2 heterocycles. The van der Waals surface area contributed by atoms with E-state index < -0.39 is 36.6 Å². The number of hydrogen-bond acceptors (Lipinski definition) is 3. The van der Waals surface area contributed by atoms with E-state index in [1.54, 1.807) is 0 Å². The summed E-state index contributed by atoms with van der Waals surface area (Å²) in [6.07, 6.45) is -8.72. The average molecular weight is 340 g/mol. The second-order valence-corrected chi connectivity index (χ2v) is 4.73. The van der Waals surface area contributed by atoms with Crippen LogP contribution in [0.4, 0.5) is 26.3 Å². The van der Waals surface area contributed by atoms with Crippen molar-refractivity contribution in [1.29, 1.82) is 0 Å². The standard InChI is InChI=1S/C12H10F6N4O/c1-7-19-9(22(20-7)6-11(13,14)15)5-21-4-8(12(16,17)18)2-3-10(21)23/h2-4H,5-6H2,1H3. The Balaban J connectivity index is 2.38. The summed E-state index contributed by atoms with van der Waals surface area (Å²) >= 11 is 0. The lowest BCUT2D eigenvalue weighted by Crippen LogP contribution is -2.26. The molecule has 0 spiro atoms. The molecular formula is C12H10F6N4O. The average Bonchev–Trinajstić information content (AvgIpc) is 2.68. The maximum absolute atomic E-state index is 12.6. The first kappa shape index (κ1) is 17.0. The molecule has 2 aromatic rings. The van der Waals surface area contributed by atoms with Gasteiger partial charge in [0.25, 0.3) is 5.56 Å². The van der Waals surface area contributed by atoms with Crippen molar-refractivity contribution in [3.05, 3.63) is 45.9 Å². The zero-order valence-electron chi connectivity index (χ0n) is 11.6. The lowest BCUT2D eigenvalue weighted by atomic mass is 10.3. The number of aryl methyl sites for hydroxylation is 1. The minimum Gasteiger partial charge on any atom is -0.307 e. The molecule has 0 N–H and O–H groups in total. The van der Waals surface area contributed by atoms with Gasteiger partial charge >= 0.3 is 12.4 Å².